The molecule has 4 heteroatoms. The van der Waals surface area contributed by atoms with E-state index in [0.29, 0.717) is 0 Å². The van der Waals surface area contributed by atoms with Crippen molar-refractivity contribution in [2.45, 2.75) is 6.92 Å². The summed E-state index contributed by atoms with van der Waals surface area (Å²) in [5.74, 6) is 0. The molecule has 0 aliphatic rings. The molecule has 0 aliphatic heterocycles. The van der Waals surface area contributed by atoms with Gasteiger partial charge in [-0.2, -0.15) is 0 Å². The van der Waals surface area contributed by atoms with Gasteiger partial charge in [0.05, 0.1) is 5.69 Å². The number of para-hydroxylation sites is 1. The summed E-state index contributed by atoms with van der Waals surface area (Å²) < 4.78 is 0. The first-order valence-corrected chi connectivity index (χ1v) is 3.39. The minimum Gasteiger partial charge on any atom is -0.307 e. The third-order valence-corrected chi connectivity index (χ3v) is 1.42. The normalized spacial score (nSPS) is 8.55. The molecule has 2 nitrogen and oxygen atoms in total. The fraction of sp³-hybridized carbons (Fsp3) is 0.143. The van der Waals surface area contributed by atoms with Gasteiger partial charge in [-0.25, -0.2) is 0 Å². The Morgan fingerprint density at radius 2 is 1.91 bits per heavy atom. The van der Waals surface area contributed by atoms with Gasteiger partial charge in [0, 0.05) is 0 Å². The van der Waals surface area contributed by atoms with E-state index < -0.39 is 0 Å². The van der Waals surface area contributed by atoms with Crippen molar-refractivity contribution in [3.05, 3.63) is 29.8 Å². The maximum absolute atomic E-state index is 5.25. The van der Waals surface area contributed by atoms with Crippen LogP contribution in [-0.2, 0) is 0 Å². The summed E-state index contributed by atoms with van der Waals surface area (Å²) in [6.45, 7) is 2.01. The highest BCUT2D eigenvalue weighted by molar-refractivity contribution is 6.13. The number of rotatable bonds is 2. The van der Waals surface area contributed by atoms with Crippen LogP contribution >= 0.6 is 24.2 Å². The molecule has 0 saturated carbocycles. The maximum atomic E-state index is 5.25. The summed E-state index contributed by atoms with van der Waals surface area (Å²) >= 11 is 5.25. The van der Waals surface area contributed by atoms with Gasteiger partial charge in [-0.3, -0.25) is 0 Å². The molecule has 0 aliphatic carbocycles. The second-order valence-electron chi connectivity index (χ2n) is 2.03. The molecule has 0 atom stereocenters. The molecular formula is C7H10Cl2N2. The minimum atomic E-state index is 0. The average molecular weight is 193 g/mol. The van der Waals surface area contributed by atoms with Crippen molar-refractivity contribution in [2.75, 3.05) is 5.43 Å². The van der Waals surface area contributed by atoms with Crippen molar-refractivity contribution in [1.82, 2.24) is 4.94 Å². The lowest BCUT2D eigenvalue weighted by Gasteiger charge is -2.04. The smallest absolute Gasteiger partial charge is 0.0529 e. The molecule has 0 spiro atoms. The standard InChI is InChI=1S/C7H9ClN2.ClH/c1-6-4-2-3-5-7(6)9-10-8;/h2-5,9-10H,1H3;1H. The zero-order chi connectivity index (χ0) is 7.40. The number of hydrogen-bond donors (Lipinski definition) is 2. The second kappa shape index (κ2) is 5.24. The number of benzene rings is 1. The number of halogens is 2. The van der Waals surface area contributed by atoms with Crippen LogP contribution in [0.3, 0.4) is 0 Å². The molecule has 0 heterocycles. The molecule has 0 amide bonds. The van der Waals surface area contributed by atoms with Crippen LogP contribution in [-0.4, -0.2) is 0 Å². The topological polar surface area (TPSA) is 24.1 Å². The van der Waals surface area contributed by atoms with Crippen LogP contribution in [0.1, 0.15) is 5.56 Å². The Balaban J connectivity index is 0.000001000. The zero-order valence-corrected chi connectivity index (χ0v) is 7.67. The summed E-state index contributed by atoms with van der Waals surface area (Å²) in [6.07, 6.45) is 0. The Bertz CT molecular complexity index is 215. The molecule has 0 saturated heterocycles. The van der Waals surface area contributed by atoms with Crippen LogP contribution in [0.4, 0.5) is 5.69 Å². The maximum Gasteiger partial charge on any atom is 0.0529 e. The molecule has 2 N–H and O–H groups in total. The van der Waals surface area contributed by atoms with Crippen LogP contribution in [0, 0.1) is 6.92 Å². The van der Waals surface area contributed by atoms with Crippen LogP contribution in [0.25, 0.3) is 0 Å². The third kappa shape index (κ3) is 2.97. The number of hydrogen-bond acceptors (Lipinski definition) is 2. The SMILES string of the molecule is Cc1ccccc1NNCl.Cl. The van der Waals surface area contributed by atoms with Gasteiger partial charge in [0.1, 0.15) is 0 Å². The van der Waals surface area contributed by atoms with Gasteiger partial charge < -0.3 is 5.43 Å². The van der Waals surface area contributed by atoms with E-state index >= 15 is 0 Å². The Hall–Kier alpha value is -0.440. The summed E-state index contributed by atoms with van der Waals surface area (Å²) in [4.78, 5) is 2.35. The lowest BCUT2D eigenvalue weighted by Crippen LogP contribution is -2.09. The molecule has 62 valence electrons. The highest BCUT2D eigenvalue weighted by atomic mass is 35.5. The van der Waals surface area contributed by atoms with Crippen molar-refractivity contribution in [3.63, 3.8) is 0 Å². The van der Waals surface area contributed by atoms with Crippen molar-refractivity contribution in [3.8, 4) is 0 Å². The highest BCUT2D eigenvalue weighted by Crippen LogP contribution is 2.11. The monoisotopic (exact) mass is 192 g/mol. The average Bonchev–Trinajstić information content (AvgIpc) is 1.94. The van der Waals surface area contributed by atoms with Crippen LogP contribution in [0.2, 0.25) is 0 Å². The second-order valence-corrected chi connectivity index (χ2v) is 2.22. The Labute approximate surface area is 77.4 Å². The fourth-order valence-corrected chi connectivity index (χ4v) is 0.866. The largest absolute Gasteiger partial charge is 0.307 e. The number of anilines is 1. The van der Waals surface area contributed by atoms with Crippen molar-refractivity contribution >= 4 is 29.9 Å². The van der Waals surface area contributed by atoms with Gasteiger partial charge in [-0.05, 0) is 30.3 Å². The van der Waals surface area contributed by atoms with Gasteiger partial charge in [0.15, 0.2) is 0 Å². The lowest BCUT2D eigenvalue weighted by atomic mass is 10.2. The molecule has 1 aromatic carbocycles. The molecule has 0 radical (unpaired) electrons. The van der Waals surface area contributed by atoms with Crippen molar-refractivity contribution in [2.24, 2.45) is 0 Å². The fourth-order valence-electron chi connectivity index (χ4n) is 0.764. The van der Waals surface area contributed by atoms with E-state index in [1.54, 1.807) is 0 Å². The van der Waals surface area contributed by atoms with Gasteiger partial charge in [-0.15, -0.1) is 17.4 Å². The van der Waals surface area contributed by atoms with Crippen LogP contribution < -0.4 is 10.4 Å². The highest BCUT2D eigenvalue weighted by Gasteiger charge is 1.91. The molecule has 11 heavy (non-hydrogen) atoms. The summed E-state index contributed by atoms with van der Waals surface area (Å²) in [6, 6.07) is 7.89. The van der Waals surface area contributed by atoms with Gasteiger partial charge in [0.2, 0.25) is 0 Å². The predicted octanol–water partition coefficient (Wildman–Crippen LogP) is 2.49. The van der Waals surface area contributed by atoms with E-state index in [9.17, 15) is 0 Å². The Morgan fingerprint density at radius 3 is 2.45 bits per heavy atom. The van der Waals surface area contributed by atoms with E-state index in [0.717, 1.165) is 11.3 Å². The van der Waals surface area contributed by atoms with Crippen molar-refractivity contribution < 1.29 is 0 Å². The molecule has 0 bridgehead atoms. The van der Waals surface area contributed by atoms with Crippen LogP contribution in [0.5, 0.6) is 0 Å². The Kier molecular flexibility index (Phi) is 5.03. The Morgan fingerprint density at radius 1 is 1.27 bits per heavy atom. The molecule has 1 rings (SSSR count). The van der Waals surface area contributed by atoms with Gasteiger partial charge in [-0.1, -0.05) is 18.2 Å². The predicted molar refractivity (Wildman–Crippen MR) is 51.0 cm³/mol. The summed E-state index contributed by atoms with van der Waals surface area (Å²) in [5, 5.41) is 0. The molecule has 0 fully saturated rings. The van der Waals surface area contributed by atoms with Crippen molar-refractivity contribution in [1.29, 1.82) is 0 Å². The van der Waals surface area contributed by atoms with Gasteiger partial charge in [0.25, 0.3) is 0 Å². The first-order valence-electron chi connectivity index (χ1n) is 3.02. The first kappa shape index (κ1) is 10.6. The minimum absolute atomic E-state index is 0. The van der Waals surface area contributed by atoms with Gasteiger partial charge >= 0.3 is 0 Å². The van der Waals surface area contributed by atoms with E-state index in [-0.39, 0.29) is 12.4 Å². The first-order chi connectivity index (χ1) is 4.84. The molecular weight excluding hydrogens is 183 g/mol. The van der Waals surface area contributed by atoms with E-state index in [1.165, 1.54) is 0 Å². The quantitative estimate of drug-likeness (QED) is 0.556. The number of nitrogens with one attached hydrogen (secondary N) is 2. The van der Waals surface area contributed by atoms with E-state index in [4.69, 9.17) is 11.8 Å². The lowest BCUT2D eigenvalue weighted by molar-refractivity contribution is 1.18. The summed E-state index contributed by atoms with van der Waals surface area (Å²) in [7, 11) is 0. The molecule has 1 aromatic rings. The van der Waals surface area contributed by atoms with E-state index in [2.05, 4.69) is 10.4 Å². The number of aryl methyl sites for hydroxylation is 1. The molecule has 0 aromatic heterocycles. The number of hydrazine groups is 1. The molecule has 0 unspecified atom stereocenters. The van der Waals surface area contributed by atoms with E-state index in [1.807, 2.05) is 31.2 Å². The van der Waals surface area contributed by atoms with Crippen LogP contribution in [0.15, 0.2) is 24.3 Å². The zero-order valence-electron chi connectivity index (χ0n) is 6.10. The summed E-state index contributed by atoms with van der Waals surface area (Å²) in [5.41, 5.74) is 4.95. The third-order valence-electron chi connectivity index (χ3n) is 1.33.